The minimum absolute atomic E-state index is 0. The van der Waals surface area contributed by atoms with E-state index < -0.39 is 6.04 Å². The lowest BCUT2D eigenvalue weighted by atomic mass is 10.0. The highest BCUT2D eigenvalue weighted by Gasteiger charge is 2.32. The molecule has 0 aliphatic carbocycles. The molecule has 0 unspecified atom stereocenters. The molecule has 0 spiro atoms. The fraction of sp³-hybridized carbons (Fsp3) is 0.611. The van der Waals surface area contributed by atoms with E-state index in [-0.39, 0.29) is 36.7 Å². The summed E-state index contributed by atoms with van der Waals surface area (Å²) in [5.74, 6) is 4.47. The molecule has 0 radical (unpaired) electrons. The van der Waals surface area contributed by atoms with Gasteiger partial charge in [0.15, 0.2) is 0 Å². The van der Waals surface area contributed by atoms with E-state index >= 15 is 0 Å². The number of nitrogens with zero attached hydrogens (tertiary/aromatic N) is 9. The van der Waals surface area contributed by atoms with Crippen LogP contribution in [0.4, 0.5) is 17.8 Å². The zero-order valence-corrected chi connectivity index (χ0v) is 31.9. The molecule has 2 aliphatic rings. The molecule has 4 N–H and O–H groups in total. The van der Waals surface area contributed by atoms with Gasteiger partial charge in [0.05, 0.1) is 64.2 Å². The van der Waals surface area contributed by atoms with Crippen molar-refractivity contribution < 1.29 is 41.3 Å². The first-order valence-electron chi connectivity index (χ1n) is 18.3. The van der Waals surface area contributed by atoms with Crippen molar-refractivity contribution in [1.29, 1.82) is 0 Å². The summed E-state index contributed by atoms with van der Waals surface area (Å²) >= 11 is 0. The Kier molecular flexibility index (Phi) is 17.4. The van der Waals surface area contributed by atoms with Crippen molar-refractivity contribution in [3.63, 3.8) is 0 Å². The smallest absolute Gasteiger partial charge is 0.247 e. The zero-order valence-electron chi connectivity index (χ0n) is 31.2. The number of aromatic nitrogens is 6. The summed E-state index contributed by atoms with van der Waals surface area (Å²) in [6.07, 6.45) is 8.09. The lowest BCUT2D eigenvalue weighted by Gasteiger charge is -2.36. The molecular formula is C36H53ClN11O6-. The number of halogens is 1. The monoisotopic (exact) mass is 770 g/mol. The van der Waals surface area contributed by atoms with Gasteiger partial charge in [-0.15, -0.1) is 11.5 Å². The molecule has 2 aromatic heterocycles. The molecule has 2 atom stereocenters. The van der Waals surface area contributed by atoms with Crippen LogP contribution in [0.1, 0.15) is 43.6 Å². The van der Waals surface area contributed by atoms with Crippen LogP contribution in [0.3, 0.4) is 0 Å². The number of carbonyl (C=O) groups is 1. The SMILES string of the molecule is C#CCOCCOCCOCCNc1nc(N2CCOCC2)nc(N2CCN(C(=O)[C@H](Cc3ccc(O)cc3)n3cc([C@@H](N)CC(C)C)nn3)CC2)n1.[Cl-]. The van der Waals surface area contributed by atoms with Gasteiger partial charge < -0.3 is 62.2 Å². The number of nitrogens with one attached hydrogen (secondary N) is 1. The van der Waals surface area contributed by atoms with Gasteiger partial charge in [0, 0.05) is 52.2 Å². The van der Waals surface area contributed by atoms with Gasteiger partial charge in [0.1, 0.15) is 18.4 Å². The van der Waals surface area contributed by atoms with E-state index in [0.29, 0.717) is 128 Å². The number of phenols is 1. The third-order valence-electron chi connectivity index (χ3n) is 8.84. The van der Waals surface area contributed by atoms with Gasteiger partial charge >= 0.3 is 0 Å². The van der Waals surface area contributed by atoms with Crippen molar-refractivity contribution in [1.82, 2.24) is 34.8 Å². The Morgan fingerprint density at radius 2 is 1.57 bits per heavy atom. The first-order chi connectivity index (χ1) is 25.8. The van der Waals surface area contributed by atoms with E-state index in [2.05, 4.69) is 45.2 Å². The van der Waals surface area contributed by atoms with Crippen LogP contribution in [-0.4, -0.2) is 145 Å². The first kappa shape index (κ1) is 42.4. The number of anilines is 3. The number of ether oxygens (including phenoxy) is 4. The molecule has 17 nitrogen and oxygen atoms in total. The number of amides is 1. The summed E-state index contributed by atoms with van der Waals surface area (Å²) in [4.78, 5) is 34.5. The van der Waals surface area contributed by atoms with Crippen LogP contribution in [0, 0.1) is 18.3 Å². The standard InChI is InChI=1S/C36H53N11O6.ClH/c1-4-16-50-20-22-53-23-21-51-17-9-38-34-39-35(41-36(40-34)46-14-18-52-19-15-46)45-12-10-44(11-13-45)33(49)32(25-28-5-7-29(48)8-6-28)47-26-31(42-43-47)30(37)24-27(2)3;/h1,5-8,26-27,30,32,48H,9-25,37H2,2-3H3,(H,38,39,40,41);1H/p-1/t30-,32-;/m0./s1. The summed E-state index contributed by atoms with van der Waals surface area (Å²) in [5, 5.41) is 21.8. The predicted octanol–water partition coefficient (Wildman–Crippen LogP) is -1.72. The van der Waals surface area contributed by atoms with Crippen LogP contribution in [-0.2, 0) is 30.2 Å². The molecule has 1 aromatic carbocycles. The molecule has 3 aromatic rings. The van der Waals surface area contributed by atoms with Gasteiger partial charge in [-0.05, 0) is 30.0 Å². The number of piperazine rings is 1. The highest BCUT2D eigenvalue weighted by molar-refractivity contribution is 5.81. The van der Waals surface area contributed by atoms with E-state index in [4.69, 9.17) is 46.1 Å². The maximum Gasteiger partial charge on any atom is 0.247 e. The van der Waals surface area contributed by atoms with Crippen molar-refractivity contribution in [2.75, 3.05) is 114 Å². The average molecular weight is 771 g/mol. The summed E-state index contributed by atoms with van der Waals surface area (Å²) in [7, 11) is 0. The van der Waals surface area contributed by atoms with E-state index in [1.807, 2.05) is 17.0 Å². The zero-order chi connectivity index (χ0) is 37.4. The van der Waals surface area contributed by atoms with E-state index in [0.717, 1.165) is 12.0 Å². The number of terminal acetylenes is 1. The average Bonchev–Trinajstić information content (AvgIpc) is 3.67. The van der Waals surface area contributed by atoms with Crippen molar-refractivity contribution in [2.45, 2.75) is 38.8 Å². The van der Waals surface area contributed by atoms with Gasteiger partial charge in [-0.1, -0.05) is 37.1 Å². The highest BCUT2D eigenvalue weighted by Crippen LogP contribution is 2.24. The lowest BCUT2D eigenvalue weighted by Crippen LogP contribution is -3.00. The van der Waals surface area contributed by atoms with Gasteiger partial charge in [-0.3, -0.25) is 4.79 Å². The van der Waals surface area contributed by atoms with Gasteiger partial charge in [0.2, 0.25) is 23.8 Å². The van der Waals surface area contributed by atoms with E-state index in [9.17, 15) is 9.90 Å². The number of aromatic hydroxyl groups is 1. The second-order valence-electron chi connectivity index (χ2n) is 13.3. The van der Waals surface area contributed by atoms with E-state index in [1.54, 1.807) is 23.0 Å². The molecule has 0 bridgehead atoms. The van der Waals surface area contributed by atoms with Crippen molar-refractivity contribution in [2.24, 2.45) is 11.7 Å². The number of benzene rings is 1. The molecule has 5 rings (SSSR count). The lowest BCUT2D eigenvalue weighted by molar-refractivity contribution is -0.135. The number of nitrogens with two attached hydrogens (primary N) is 1. The largest absolute Gasteiger partial charge is 1.00 e. The highest BCUT2D eigenvalue weighted by atomic mass is 35.5. The van der Waals surface area contributed by atoms with Crippen LogP contribution in [0.15, 0.2) is 30.5 Å². The molecule has 54 heavy (non-hydrogen) atoms. The Hall–Kier alpha value is -4.31. The molecular weight excluding hydrogens is 718 g/mol. The predicted molar refractivity (Wildman–Crippen MR) is 199 cm³/mol. The summed E-state index contributed by atoms with van der Waals surface area (Å²) in [5.41, 5.74) is 7.96. The maximum atomic E-state index is 14.2. The van der Waals surface area contributed by atoms with Gasteiger partial charge in [0.25, 0.3) is 0 Å². The van der Waals surface area contributed by atoms with Crippen LogP contribution < -0.4 is 33.3 Å². The third-order valence-corrected chi connectivity index (χ3v) is 8.84. The molecule has 2 saturated heterocycles. The van der Waals surface area contributed by atoms with E-state index in [1.165, 1.54) is 0 Å². The Labute approximate surface area is 323 Å². The molecule has 18 heteroatoms. The van der Waals surface area contributed by atoms with Gasteiger partial charge in [-0.25, -0.2) is 4.68 Å². The van der Waals surface area contributed by atoms with Crippen LogP contribution in [0.2, 0.25) is 0 Å². The number of morpholine rings is 1. The fourth-order valence-electron chi connectivity index (χ4n) is 6.01. The molecule has 296 valence electrons. The maximum absolute atomic E-state index is 14.2. The number of hydrogen-bond acceptors (Lipinski definition) is 15. The molecule has 4 heterocycles. The van der Waals surface area contributed by atoms with Crippen LogP contribution in [0.5, 0.6) is 5.75 Å². The molecule has 0 saturated carbocycles. The Bertz CT molecular complexity index is 1590. The normalized spacial score (nSPS) is 15.8. The fourth-order valence-corrected chi connectivity index (χ4v) is 6.01. The second-order valence-corrected chi connectivity index (χ2v) is 13.3. The van der Waals surface area contributed by atoms with Gasteiger partial charge in [-0.2, -0.15) is 15.0 Å². The minimum Gasteiger partial charge on any atom is -1.00 e. The minimum atomic E-state index is -0.638. The summed E-state index contributed by atoms with van der Waals surface area (Å²) in [6.45, 7) is 11.8. The van der Waals surface area contributed by atoms with Crippen LogP contribution in [0.25, 0.3) is 0 Å². The number of phenolic OH excluding ortho intramolecular Hbond substituents is 1. The van der Waals surface area contributed by atoms with Crippen molar-refractivity contribution in [3.05, 3.63) is 41.7 Å². The van der Waals surface area contributed by atoms with Crippen molar-refractivity contribution in [3.8, 4) is 18.1 Å². The Balaban J connectivity index is 0.00000650. The molecule has 2 fully saturated rings. The van der Waals surface area contributed by atoms with Crippen molar-refractivity contribution >= 4 is 23.8 Å². The summed E-state index contributed by atoms with van der Waals surface area (Å²) in [6, 6.07) is 5.96. The molecule has 2 aliphatic heterocycles. The van der Waals surface area contributed by atoms with Crippen LogP contribution >= 0.6 is 0 Å². The topological polar surface area (TPSA) is 191 Å². The summed E-state index contributed by atoms with van der Waals surface area (Å²) < 4.78 is 23.5. The quantitative estimate of drug-likeness (QED) is 0.0869. The Morgan fingerprint density at radius 3 is 2.22 bits per heavy atom. The second kappa shape index (κ2) is 22.2. The third kappa shape index (κ3) is 12.9. The molecule has 1 amide bonds. The first-order valence-corrected chi connectivity index (χ1v) is 18.3. The number of hydrogen-bond donors (Lipinski definition) is 3. The number of rotatable bonds is 20. The Morgan fingerprint density at radius 1 is 0.944 bits per heavy atom. The number of carbonyl (C=O) groups excluding carboxylic acids is 1.